The van der Waals surface area contributed by atoms with Crippen LogP contribution < -0.4 is 5.32 Å². The fourth-order valence-electron chi connectivity index (χ4n) is 2.66. The molecule has 0 aromatic carbocycles. The molecule has 0 aliphatic carbocycles. The van der Waals surface area contributed by atoms with Crippen LogP contribution >= 0.6 is 0 Å². The molecular formula is C14H20N6O2. The molecule has 3 rings (SSSR count). The first-order chi connectivity index (χ1) is 10.6. The van der Waals surface area contributed by atoms with Crippen molar-refractivity contribution in [3.05, 3.63) is 24.0 Å². The first kappa shape index (κ1) is 14.7. The van der Waals surface area contributed by atoms with Crippen LogP contribution in [0.3, 0.4) is 0 Å². The normalized spacial score (nSPS) is 18.7. The van der Waals surface area contributed by atoms with E-state index in [0.29, 0.717) is 24.3 Å². The van der Waals surface area contributed by atoms with Crippen LogP contribution in [-0.4, -0.2) is 43.8 Å². The predicted molar refractivity (Wildman–Crippen MR) is 79.1 cm³/mol. The summed E-state index contributed by atoms with van der Waals surface area (Å²) in [6.07, 6.45) is 3.68. The van der Waals surface area contributed by atoms with Crippen LogP contribution in [0.5, 0.6) is 0 Å². The van der Waals surface area contributed by atoms with Crippen molar-refractivity contribution in [1.29, 1.82) is 0 Å². The number of likely N-dealkylation sites (tertiary alicyclic amines) is 1. The lowest BCUT2D eigenvalue weighted by atomic mass is 10.3. The van der Waals surface area contributed by atoms with E-state index in [2.05, 4.69) is 25.5 Å². The van der Waals surface area contributed by atoms with Gasteiger partial charge in [-0.1, -0.05) is 12.1 Å². The molecule has 22 heavy (non-hydrogen) atoms. The summed E-state index contributed by atoms with van der Waals surface area (Å²) in [6, 6.07) is 2.12. The second kappa shape index (κ2) is 6.27. The van der Waals surface area contributed by atoms with E-state index in [1.807, 2.05) is 23.9 Å². The molecule has 2 aromatic rings. The molecule has 0 saturated carbocycles. The summed E-state index contributed by atoms with van der Waals surface area (Å²) in [5.74, 6) is 1.90. The Morgan fingerprint density at radius 3 is 3.14 bits per heavy atom. The third kappa shape index (κ3) is 3.33. The number of carbonyl (C=O) groups excluding carboxylic acids is 1. The third-order valence-corrected chi connectivity index (χ3v) is 3.71. The molecule has 2 aromatic heterocycles. The van der Waals surface area contributed by atoms with Gasteiger partial charge < -0.3 is 9.84 Å². The van der Waals surface area contributed by atoms with E-state index in [9.17, 15) is 4.79 Å². The monoisotopic (exact) mass is 304 g/mol. The molecule has 0 unspecified atom stereocenters. The first-order valence-electron chi connectivity index (χ1n) is 7.50. The molecule has 1 N–H and O–H groups in total. The number of rotatable bonds is 5. The second-order valence-corrected chi connectivity index (χ2v) is 5.50. The van der Waals surface area contributed by atoms with Gasteiger partial charge in [0.2, 0.25) is 11.8 Å². The Morgan fingerprint density at radius 2 is 2.41 bits per heavy atom. The summed E-state index contributed by atoms with van der Waals surface area (Å²) < 4.78 is 7.05. The number of aromatic nitrogens is 4. The van der Waals surface area contributed by atoms with Crippen LogP contribution in [0.25, 0.3) is 0 Å². The highest BCUT2D eigenvalue weighted by molar-refractivity contribution is 5.87. The molecule has 0 spiro atoms. The molecule has 3 heterocycles. The highest BCUT2D eigenvalue weighted by Crippen LogP contribution is 2.23. The van der Waals surface area contributed by atoms with E-state index in [1.54, 1.807) is 0 Å². The van der Waals surface area contributed by atoms with Gasteiger partial charge in [0.25, 0.3) is 0 Å². The number of nitrogens with zero attached hydrogens (tertiary/aromatic N) is 5. The van der Waals surface area contributed by atoms with Gasteiger partial charge in [0.05, 0.1) is 12.6 Å². The standard InChI is InChI=1S/C14H20N6O2/c1-3-14-16-13(18-22-14)9-19-6-4-11(8-19)20-7-5-12(17-20)15-10(2)21/h5,7,11H,3-4,6,8-9H2,1-2H3,(H,15,17,21)/t11-/m1/s1. The van der Waals surface area contributed by atoms with Crippen molar-refractivity contribution in [2.45, 2.75) is 39.3 Å². The van der Waals surface area contributed by atoms with Crippen molar-refractivity contribution in [1.82, 2.24) is 24.8 Å². The van der Waals surface area contributed by atoms with Gasteiger partial charge in [-0.2, -0.15) is 10.1 Å². The van der Waals surface area contributed by atoms with E-state index in [-0.39, 0.29) is 5.91 Å². The van der Waals surface area contributed by atoms with Gasteiger partial charge in [0, 0.05) is 38.7 Å². The zero-order valence-corrected chi connectivity index (χ0v) is 12.8. The minimum Gasteiger partial charge on any atom is -0.339 e. The molecule has 8 nitrogen and oxygen atoms in total. The lowest BCUT2D eigenvalue weighted by Crippen LogP contribution is -2.22. The van der Waals surface area contributed by atoms with Crippen LogP contribution in [0.1, 0.15) is 38.0 Å². The van der Waals surface area contributed by atoms with Crippen molar-refractivity contribution >= 4 is 11.7 Å². The summed E-state index contributed by atoms with van der Waals surface area (Å²) in [4.78, 5) is 17.7. The minimum absolute atomic E-state index is 0.109. The largest absolute Gasteiger partial charge is 0.339 e. The van der Waals surface area contributed by atoms with Crippen molar-refractivity contribution in [3.8, 4) is 0 Å². The van der Waals surface area contributed by atoms with Crippen LogP contribution in [0, 0.1) is 0 Å². The minimum atomic E-state index is -0.109. The zero-order chi connectivity index (χ0) is 15.5. The lowest BCUT2D eigenvalue weighted by molar-refractivity contribution is -0.114. The van der Waals surface area contributed by atoms with Gasteiger partial charge >= 0.3 is 0 Å². The SMILES string of the molecule is CCc1nc(CN2CC[C@@H](n3ccc(NC(C)=O)n3)C2)no1. The topological polar surface area (TPSA) is 89.1 Å². The second-order valence-electron chi connectivity index (χ2n) is 5.50. The summed E-state index contributed by atoms with van der Waals surface area (Å²) in [5, 5.41) is 11.1. The summed E-state index contributed by atoms with van der Waals surface area (Å²) in [7, 11) is 0. The fourth-order valence-corrected chi connectivity index (χ4v) is 2.66. The van der Waals surface area contributed by atoms with Crippen molar-refractivity contribution in [2.75, 3.05) is 18.4 Å². The zero-order valence-electron chi connectivity index (χ0n) is 12.8. The van der Waals surface area contributed by atoms with Gasteiger partial charge in [-0.15, -0.1) is 0 Å². The maximum absolute atomic E-state index is 11.0. The quantitative estimate of drug-likeness (QED) is 0.894. The maximum Gasteiger partial charge on any atom is 0.226 e. The third-order valence-electron chi connectivity index (χ3n) is 3.71. The summed E-state index contributed by atoms with van der Waals surface area (Å²) in [5.41, 5.74) is 0. The molecule has 8 heteroatoms. The molecule has 1 aliphatic heterocycles. The number of aryl methyl sites for hydroxylation is 1. The molecule has 0 bridgehead atoms. The van der Waals surface area contributed by atoms with Gasteiger partial charge in [0.15, 0.2) is 11.6 Å². The summed E-state index contributed by atoms with van der Waals surface area (Å²) in [6.45, 7) is 6.02. The Bertz CT molecular complexity index is 649. The molecule has 118 valence electrons. The number of hydrogen-bond acceptors (Lipinski definition) is 6. The number of hydrogen-bond donors (Lipinski definition) is 1. The van der Waals surface area contributed by atoms with Gasteiger partial charge in [-0.25, -0.2) is 0 Å². The molecule has 1 aliphatic rings. The average molecular weight is 304 g/mol. The number of nitrogens with one attached hydrogen (secondary N) is 1. The molecular weight excluding hydrogens is 284 g/mol. The van der Waals surface area contributed by atoms with E-state index in [0.717, 1.165) is 31.8 Å². The highest BCUT2D eigenvalue weighted by atomic mass is 16.5. The highest BCUT2D eigenvalue weighted by Gasteiger charge is 2.25. The Morgan fingerprint density at radius 1 is 1.55 bits per heavy atom. The molecule has 1 saturated heterocycles. The molecule has 1 fully saturated rings. The van der Waals surface area contributed by atoms with Crippen LogP contribution in [0.15, 0.2) is 16.8 Å². The molecule has 1 atom stereocenters. The smallest absolute Gasteiger partial charge is 0.226 e. The number of anilines is 1. The van der Waals surface area contributed by atoms with Crippen LogP contribution in [-0.2, 0) is 17.8 Å². The van der Waals surface area contributed by atoms with Crippen LogP contribution in [0.2, 0.25) is 0 Å². The summed E-state index contributed by atoms with van der Waals surface area (Å²) >= 11 is 0. The fraction of sp³-hybridized carbons (Fsp3) is 0.571. The molecule has 1 amide bonds. The van der Waals surface area contributed by atoms with E-state index >= 15 is 0 Å². The molecule has 0 radical (unpaired) electrons. The maximum atomic E-state index is 11.0. The predicted octanol–water partition coefficient (Wildman–Crippen LogP) is 1.23. The van der Waals surface area contributed by atoms with Crippen molar-refractivity contribution in [2.24, 2.45) is 0 Å². The van der Waals surface area contributed by atoms with Crippen molar-refractivity contribution in [3.63, 3.8) is 0 Å². The van der Waals surface area contributed by atoms with Gasteiger partial charge in [-0.05, 0) is 6.42 Å². The van der Waals surface area contributed by atoms with Crippen LogP contribution in [0.4, 0.5) is 5.82 Å². The Balaban J connectivity index is 1.57. The number of amides is 1. The lowest BCUT2D eigenvalue weighted by Gasteiger charge is -2.13. The first-order valence-corrected chi connectivity index (χ1v) is 7.50. The Hall–Kier alpha value is -2.22. The van der Waals surface area contributed by atoms with Gasteiger partial charge in [-0.3, -0.25) is 14.4 Å². The Kier molecular flexibility index (Phi) is 4.19. The van der Waals surface area contributed by atoms with E-state index in [4.69, 9.17) is 4.52 Å². The van der Waals surface area contributed by atoms with Gasteiger partial charge in [0.1, 0.15) is 0 Å². The van der Waals surface area contributed by atoms with E-state index < -0.39 is 0 Å². The number of carbonyl (C=O) groups is 1. The Labute approximate surface area is 128 Å². The van der Waals surface area contributed by atoms with Crippen molar-refractivity contribution < 1.29 is 9.32 Å². The van der Waals surface area contributed by atoms with E-state index in [1.165, 1.54) is 6.92 Å². The average Bonchev–Trinajstić information content (AvgIpc) is 3.18.